The fraction of sp³-hybridized carbons (Fsp3) is 0.150. The molecule has 1 N–H and O–H groups in total. The molecule has 0 radical (unpaired) electrons. The van der Waals surface area contributed by atoms with Crippen LogP contribution in [0.5, 0.6) is 5.75 Å². The molecular formula is C20H19N3O3S. The van der Waals surface area contributed by atoms with Crippen LogP contribution in [0.2, 0.25) is 0 Å². The van der Waals surface area contributed by atoms with Crippen LogP contribution in [0.25, 0.3) is 5.69 Å². The summed E-state index contributed by atoms with van der Waals surface area (Å²) in [6, 6.07) is 14.7. The Morgan fingerprint density at radius 2 is 2.00 bits per heavy atom. The van der Waals surface area contributed by atoms with Gasteiger partial charge in [-0.25, -0.2) is 4.98 Å². The molecule has 0 saturated heterocycles. The third-order valence-electron chi connectivity index (χ3n) is 3.82. The number of carbonyl (C=O) groups is 1. The summed E-state index contributed by atoms with van der Waals surface area (Å²) in [4.78, 5) is 28.9. The summed E-state index contributed by atoms with van der Waals surface area (Å²) < 4.78 is 6.68. The maximum absolute atomic E-state index is 12.7. The monoisotopic (exact) mass is 381 g/mol. The second-order valence-electron chi connectivity index (χ2n) is 5.81. The van der Waals surface area contributed by atoms with Crippen molar-refractivity contribution >= 4 is 23.4 Å². The van der Waals surface area contributed by atoms with E-state index < -0.39 is 0 Å². The number of ether oxygens (including phenoxy) is 1. The molecule has 6 nitrogen and oxygen atoms in total. The van der Waals surface area contributed by atoms with E-state index in [4.69, 9.17) is 4.74 Å². The number of aryl methyl sites for hydroxylation is 1. The third kappa shape index (κ3) is 4.77. The van der Waals surface area contributed by atoms with Gasteiger partial charge in [-0.2, -0.15) is 0 Å². The maximum atomic E-state index is 12.7. The Hall–Kier alpha value is -3.06. The van der Waals surface area contributed by atoms with Crippen molar-refractivity contribution in [3.05, 3.63) is 76.8 Å². The van der Waals surface area contributed by atoms with Gasteiger partial charge in [-0.1, -0.05) is 35.5 Å². The molecule has 0 aliphatic carbocycles. The summed E-state index contributed by atoms with van der Waals surface area (Å²) in [5.41, 5.74) is 2.24. The van der Waals surface area contributed by atoms with E-state index in [0.717, 1.165) is 23.0 Å². The molecule has 1 amide bonds. The first-order chi connectivity index (χ1) is 13.1. The zero-order chi connectivity index (χ0) is 19.2. The van der Waals surface area contributed by atoms with E-state index in [0.29, 0.717) is 11.4 Å². The summed E-state index contributed by atoms with van der Waals surface area (Å²) in [5.74, 6) is 0.558. The van der Waals surface area contributed by atoms with E-state index in [1.165, 1.54) is 4.57 Å². The van der Waals surface area contributed by atoms with Crippen LogP contribution in [0, 0.1) is 6.92 Å². The number of hydrogen-bond donors (Lipinski definition) is 1. The van der Waals surface area contributed by atoms with Crippen molar-refractivity contribution in [3.63, 3.8) is 0 Å². The quantitative estimate of drug-likeness (QED) is 0.664. The Bertz CT molecular complexity index is 1000. The van der Waals surface area contributed by atoms with Crippen molar-refractivity contribution in [2.24, 2.45) is 0 Å². The van der Waals surface area contributed by atoms with Crippen LogP contribution in [0.15, 0.2) is 70.7 Å². The highest BCUT2D eigenvalue weighted by Gasteiger charge is 2.11. The molecule has 138 valence electrons. The molecule has 0 unspecified atom stereocenters. The van der Waals surface area contributed by atoms with E-state index in [1.54, 1.807) is 31.6 Å². The number of benzene rings is 2. The molecule has 1 heterocycles. The molecule has 3 aromatic rings. The van der Waals surface area contributed by atoms with Gasteiger partial charge >= 0.3 is 0 Å². The molecule has 0 fully saturated rings. The highest BCUT2D eigenvalue weighted by molar-refractivity contribution is 7.99. The van der Waals surface area contributed by atoms with Gasteiger partial charge in [-0.15, -0.1) is 0 Å². The Labute approximate surface area is 161 Å². The molecule has 7 heteroatoms. The average Bonchev–Trinajstić information content (AvgIpc) is 2.69. The summed E-state index contributed by atoms with van der Waals surface area (Å²) in [5, 5.41) is 3.07. The molecule has 0 bridgehead atoms. The van der Waals surface area contributed by atoms with Crippen LogP contribution < -0.4 is 15.6 Å². The lowest BCUT2D eigenvalue weighted by Crippen LogP contribution is -2.22. The Balaban J connectivity index is 1.71. The Kier molecular flexibility index (Phi) is 5.93. The number of aromatic nitrogens is 2. The summed E-state index contributed by atoms with van der Waals surface area (Å²) in [7, 11) is 1.57. The predicted molar refractivity (Wildman–Crippen MR) is 107 cm³/mol. The number of anilines is 1. The van der Waals surface area contributed by atoms with Crippen molar-refractivity contribution in [2.45, 2.75) is 11.9 Å². The second kappa shape index (κ2) is 8.55. The summed E-state index contributed by atoms with van der Waals surface area (Å²) in [6.45, 7) is 1.98. The van der Waals surface area contributed by atoms with Crippen molar-refractivity contribution in [2.75, 3.05) is 18.2 Å². The normalized spacial score (nSPS) is 10.4. The largest absolute Gasteiger partial charge is 0.497 e. The van der Waals surface area contributed by atoms with Crippen LogP contribution in [-0.4, -0.2) is 28.3 Å². The number of nitrogens with one attached hydrogen (secondary N) is 1. The lowest BCUT2D eigenvalue weighted by atomic mass is 10.2. The zero-order valence-electron chi connectivity index (χ0n) is 15.0. The van der Waals surface area contributed by atoms with Crippen molar-refractivity contribution in [3.8, 4) is 11.4 Å². The maximum Gasteiger partial charge on any atom is 0.287 e. The molecule has 0 atom stereocenters. The lowest BCUT2D eigenvalue weighted by Gasteiger charge is -2.09. The summed E-state index contributed by atoms with van der Waals surface area (Å²) in [6.07, 6.45) is 3.13. The molecule has 3 rings (SSSR count). The van der Waals surface area contributed by atoms with Gasteiger partial charge in [0.2, 0.25) is 5.91 Å². The van der Waals surface area contributed by atoms with Gasteiger partial charge in [0.15, 0.2) is 5.03 Å². The molecule has 2 aromatic carbocycles. The van der Waals surface area contributed by atoms with Gasteiger partial charge in [0.1, 0.15) is 5.75 Å². The van der Waals surface area contributed by atoms with Gasteiger partial charge in [0, 0.05) is 24.1 Å². The fourth-order valence-corrected chi connectivity index (χ4v) is 3.12. The zero-order valence-corrected chi connectivity index (χ0v) is 15.8. The Morgan fingerprint density at radius 1 is 1.22 bits per heavy atom. The Morgan fingerprint density at radius 3 is 2.74 bits per heavy atom. The average molecular weight is 381 g/mol. The number of rotatable bonds is 6. The van der Waals surface area contributed by atoms with Crippen molar-refractivity contribution < 1.29 is 9.53 Å². The first kappa shape index (κ1) is 18.7. The minimum Gasteiger partial charge on any atom is -0.497 e. The van der Waals surface area contributed by atoms with E-state index in [-0.39, 0.29) is 22.2 Å². The number of thioether (sulfide) groups is 1. The SMILES string of the molecule is COc1cccc(-n2ccnc(SCC(=O)Nc3ccc(C)cc3)c2=O)c1. The van der Waals surface area contributed by atoms with Crippen molar-refractivity contribution in [1.29, 1.82) is 0 Å². The van der Waals surface area contributed by atoms with E-state index >= 15 is 0 Å². The fourth-order valence-electron chi connectivity index (χ4n) is 2.42. The lowest BCUT2D eigenvalue weighted by molar-refractivity contribution is -0.113. The van der Waals surface area contributed by atoms with Gasteiger partial charge in [0.25, 0.3) is 5.56 Å². The highest BCUT2D eigenvalue weighted by atomic mass is 32.2. The number of hydrogen-bond acceptors (Lipinski definition) is 5. The first-order valence-electron chi connectivity index (χ1n) is 8.28. The van der Waals surface area contributed by atoms with Gasteiger partial charge < -0.3 is 10.1 Å². The predicted octanol–water partition coefficient (Wildman–Crippen LogP) is 3.28. The van der Waals surface area contributed by atoms with E-state index in [2.05, 4.69) is 10.3 Å². The molecule has 0 aliphatic heterocycles. The van der Waals surface area contributed by atoms with Crippen LogP contribution in [0.4, 0.5) is 5.69 Å². The van der Waals surface area contributed by atoms with Gasteiger partial charge in [-0.05, 0) is 31.2 Å². The standard InChI is InChI=1S/C20H19N3O3S/c1-14-6-8-15(9-7-14)22-18(24)13-27-19-20(25)23(11-10-21-19)16-4-3-5-17(12-16)26-2/h3-12H,13H2,1-2H3,(H,22,24). The number of carbonyl (C=O) groups excluding carboxylic acids is 1. The highest BCUT2D eigenvalue weighted by Crippen LogP contribution is 2.17. The number of nitrogens with zero attached hydrogens (tertiary/aromatic N) is 2. The smallest absolute Gasteiger partial charge is 0.287 e. The minimum absolute atomic E-state index is 0.0955. The van der Waals surface area contributed by atoms with E-state index in [1.807, 2.05) is 43.3 Å². The van der Waals surface area contributed by atoms with Crippen LogP contribution in [-0.2, 0) is 4.79 Å². The molecule has 27 heavy (non-hydrogen) atoms. The van der Waals surface area contributed by atoms with Gasteiger partial charge in [0.05, 0.1) is 18.6 Å². The molecule has 0 spiro atoms. The van der Waals surface area contributed by atoms with Crippen molar-refractivity contribution in [1.82, 2.24) is 9.55 Å². The van der Waals surface area contributed by atoms with Crippen LogP contribution in [0.3, 0.4) is 0 Å². The molecule has 0 saturated carbocycles. The topological polar surface area (TPSA) is 73.2 Å². The minimum atomic E-state index is -0.279. The molecule has 1 aromatic heterocycles. The molecule has 0 aliphatic rings. The van der Waals surface area contributed by atoms with Crippen LogP contribution >= 0.6 is 11.8 Å². The second-order valence-corrected chi connectivity index (χ2v) is 6.78. The number of amides is 1. The van der Waals surface area contributed by atoms with E-state index in [9.17, 15) is 9.59 Å². The summed E-state index contributed by atoms with van der Waals surface area (Å²) >= 11 is 1.11. The molecular weight excluding hydrogens is 362 g/mol. The van der Waals surface area contributed by atoms with Gasteiger partial charge in [-0.3, -0.25) is 14.2 Å². The third-order valence-corrected chi connectivity index (χ3v) is 4.78. The number of methoxy groups -OCH3 is 1. The first-order valence-corrected chi connectivity index (χ1v) is 9.27. The van der Waals surface area contributed by atoms with Crippen LogP contribution in [0.1, 0.15) is 5.56 Å².